The lowest BCUT2D eigenvalue weighted by Crippen LogP contribution is -2.17. The van der Waals surface area contributed by atoms with Crippen molar-refractivity contribution in [1.82, 2.24) is 0 Å². The summed E-state index contributed by atoms with van der Waals surface area (Å²) in [5, 5.41) is 9.97. The van der Waals surface area contributed by atoms with Gasteiger partial charge in [0.1, 0.15) is 5.56 Å². The number of esters is 1. The van der Waals surface area contributed by atoms with E-state index in [0.29, 0.717) is 6.42 Å². The molecule has 0 saturated heterocycles. The highest BCUT2D eigenvalue weighted by molar-refractivity contribution is 5.78. The molecule has 0 spiro atoms. The lowest BCUT2D eigenvalue weighted by molar-refractivity contribution is -0.153. The van der Waals surface area contributed by atoms with Gasteiger partial charge in [-0.05, 0) is 13.0 Å². The minimum atomic E-state index is -4.63. The standard InChI is InChI=1S/C14H15F3O5/c1-2-20-13(19)10(18)8-4-5-9(14(15,16)17)12-11(8)21-6-3-7-22-12/h4-5,10,18H,2-3,6-7H2,1H3. The van der Waals surface area contributed by atoms with E-state index in [4.69, 9.17) is 9.47 Å². The zero-order valence-corrected chi connectivity index (χ0v) is 11.8. The Hall–Kier alpha value is -1.96. The molecule has 122 valence electrons. The third-order valence-corrected chi connectivity index (χ3v) is 3.03. The predicted molar refractivity (Wildman–Crippen MR) is 68.6 cm³/mol. The number of aliphatic hydroxyl groups excluding tert-OH is 1. The van der Waals surface area contributed by atoms with Gasteiger partial charge in [-0.25, -0.2) is 4.79 Å². The third kappa shape index (κ3) is 3.27. The van der Waals surface area contributed by atoms with Gasteiger partial charge >= 0.3 is 12.1 Å². The maximum absolute atomic E-state index is 13.0. The zero-order valence-electron chi connectivity index (χ0n) is 11.8. The molecule has 1 atom stereocenters. The Morgan fingerprint density at radius 1 is 1.32 bits per heavy atom. The largest absolute Gasteiger partial charge is 0.489 e. The summed E-state index contributed by atoms with van der Waals surface area (Å²) in [6.07, 6.45) is -5.98. The van der Waals surface area contributed by atoms with Gasteiger partial charge in [0.15, 0.2) is 17.6 Å². The Morgan fingerprint density at radius 3 is 2.55 bits per heavy atom. The van der Waals surface area contributed by atoms with Crippen molar-refractivity contribution in [3.63, 3.8) is 0 Å². The van der Waals surface area contributed by atoms with Crippen LogP contribution in [0.2, 0.25) is 0 Å². The van der Waals surface area contributed by atoms with Gasteiger partial charge in [-0.15, -0.1) is 0 Å². The van der Waals surface area contributed by atoms with Gasteiger partial charge in [0.25, 0.3) is 0 Å². The molecule has 2 rings (SSSR count). The Kier molecular flexibility index (Phi) is 4.80. The fourth-order valence-electron chi connectivity index (χ4n) is 2.06. The quantitative estimate of drug-likeness (QED) is 0.867. The van der Waals surface area contributed by atoms with Crippen LogP contribution in [0.25, 0.3) is 0 Å². The lowest BCUT2D eigenvalue weighted by Gasteiger charge is -2.19. The molecule has 22 heavy (non-hydrogen) atoms. The van der Waals surface area contributed by atoms with Gasteiger partial charge in [-0.2, -0.15) is 13.2 Å². The number of rotatable bonds is 3. The van der Waals surface area contributed by atoms with Gasteiger partial charge in [0.05, 0.1) is 19.8 Å². The van der Waals surface area contributed by atoms with E-state index >= 15 is 0 Å². The Bertz CT molecular complexity index is 556. The second kappa shape index (κ2) is 6.43. The first-order valence-corrected chi connectivity index (χ1v) is 6.70. The number of alkyl halides is 3. The van der Waals surface area contributed by atoms with Crippen LogP contribution in [0.15, 0.2) is 12.1 Å². The van der Waals surface area contributed by atoms with E-state index < -0.39 is 29.6 Å². The summed E-state index contributed by atoms with van der Waals surface area (Å²) in [6.45, 7) is 1.76. The van der Waals surface area contributed by atoms with Gasteiger partial charge in [-0.3, -0.25) is 0 Å². The summed E-state index contributed by atoms with van der Waals surface area (Å²) in [4.78, 5) is 11.6. The summed E-state index contributed by atoms with van der Waals surface area (Å²) < 4.78 is 54.2. The van der Waals surface area contributed by atoms with Crippen LogP contribution in [0.5, 0.6) is 11.5 Å². The molecule has 0 aromatic heterocycles. The van der Waals surface area contributed by atoms with Gasteiger partial charge in [0.2, 0.25) is 0 Å². The number of ether oxygens (including phenoxy) is 3. The van der Waals surface area contributed by atoms with Crippen molar-refractivity contribution >= 4 is 5.97 Å². The van der Waals surface area contributed by atoms with Gasteiger partial charge in [-0.1, -0.05) is 6.07 Å². The van der Waals surface area contributed by atoms with Crippen molar-refractivity contribution in [2.24, 2.45) is 0 Å². The molecule has 1 aromatic rings. The lowest BCUT2D eigenvalue weighted by atomic mass is 10.0. The Morgan fingerprint density at radius 2 is 1.95 bits per heavy atom. The molecule has 1 aromatic carbocycles. The molecular weight excluding hydrogens is 305 g/mol. The molecule has 0 fully saturated rings. The second-order valence-electron chi connectivity index (χ2n) is 4.56. The van der Waals surface area contributed by atoms with E-state index in [1.807, 2.05) is 0 Å². The highest BCUT2D eigenvalue weighted by atomic mass is 19.4. The highest BCUT2D eigenvalue weighted by Crippen LogP contribution is 2.46. The van der Waals surface area contributed by atoms with Crippen LogP contribution < -0.4 is 9.47 Å². The van der Waals surface area contributed by atoms with Gasteiger partial charge < -0.3 is 19.3 Å². The molecule has 5 nitrogen and oxygen atoms in total. The van der Waals surface area contributed by atoms with Crippen LogP contribution in [-0.2, 0) is 15.7 Å². The fourth-order valence-corrected chi connectivity index (χ4v) is 2.06. The number of aliphatic hydroxyl groups is 1. The van der Waals surface area contributed by atoms with E-state index in [1.165, 1.54) is 0 Å². The first-order chi connectivity index (χ1) is 10.4. The van der Waals surface area contributed by atoms with E-state index in [9.17, 15) is 23.1 Å². The maximum Gasteiger partial charge on any atom is 0.420 e. The predicted octanol–water partition coefficient (Wildman–Crippen LogP) is 2.46. The Labute approximate surface area is 124 Å². The first-order valence-electron chi connectivity index (χ1n) is 6.70. The normalized spacial score (nSPS) is 15.9. The second-order valence-corrected chi connectivity index (χ2v) is 4.56. The summed E-state index contributed by atoms with van der Waals surface area (Å²) in [5.74, 6) is -1.74. The topological polar surface area (TPSA) is 65.0 Å². The molecule has 1 heterocycles. The number of fused-ring (bicyclic) bond motifs is 1. The van der Waals surface area contributed by atoms with Crippen molar-refractivity contribution < 1.29 is 37.3 Å². The summed E-state index contributed by atoms with van der Waals surface area (Å²) >= 11 is 0. The van der Waals surface area contributed by atoms with Crippen LogP contribution >= 0.6 is 0 Å². The zero-order chi connectivity index (χ0) is 16.3. The van der Waals surface area contributed by atoms with E-state index in [1.54, 1.807) is 6.92 Å². The molecule has 0 amide bonds. The summed E-state index contributed by atoms with van der Waals surface area (Å²) in [5.41, 5.74) is -1.12. The molecule has 1 aliphatic rings. The SMILES string of the molecule is CCOC(=O)C(O)c1ccc(C(F)(F)F)c2c1OCCCO2. The molecule has 0 bridgehead atoms. The number of hydrogen-bond donors (Lipinski definition) is 1. The molecule has 0 saturated carbocycles. The van der Waals surface area contributed by atoms with Crippen molar-refractivity contribution in [3.8, 4) is 11.5 Å². The van der Waals surface area contributed by atoms with E-state index in [0.717, 1.165) is 12.1 Å². The van der Waals surface area contributed by atoms with Crippen molar-refractivity contribution in [2.75, 3.05) is 19.8 Å². The monoisotopic (exact) mass is 320 g/mol. The summed E-state index contributed by atoms with van der Waals surface area (Å²) in [6, 6.07) is 1.75. The smallest absolute Gasteiger partial charge is 0.420 e. The van der Waals surface area contributed by atoms with Crippen molar-refractivity contribution in [3.05, 3.63) is 23.3 Å². The van der Waals surface area contributed by atoms with E-state index in [-0.39, 0.29) is 31.1 Å². The molecular formula is C14H15F3O5. The van der Waals surface area contributed by atoms with Crippen molar-refractivity contribution in [1.29, 1.82) is 0 Å². The number of hydrogen-bond acceptors (Lipinski definition) is 5. The van der Waals surface area contributed by atoms with Crippen LogP contribution in [-0.4, -0.2) is 30.9 Å². The average Bonchev–Trinajstić information content (AvgIpc) is 2.70. The first kappa shape index (κ1) is 16.4. The molecule has 0 radical (unpaired) electrons. The Balaban J connectivity index is 2.51. The molecule has 1 unspecified atom stereocenters. The van der Waals surface area contributed by atoms with Crippen LogP contribution in [0.1, 0.15) is 30.6 Å². The highest BCUT2D eigenvalue weighted by Gasteiger charge is 2.38. The van der Waals surface area contributed by atoms with Crippen molar-refractivity contribution in [2.45, 2.75) is 25.6 Å². The van der Waals surface area contributed by atoms with Crippen LogP contribution in [0, 0.1) is 0 Å². The number of carbonyl (C=O) groups is 1. The third-order valence-electron chi connectivity index (χ3n) is 3.03. The number of carbonyl (C=O) groups excluding carboxylic acids is 1. The van der Waals surface area contributed by atoms with Crippen LogP contribution in [0.4, 0.5) is 13.2 Å². The van der Waals surface area contributed by atoms with Gasteiger partial charge in [0, 0.05) is 12.0 Å². The minimum Gasteiger partial charge on any atom is -0.489 e. The molecule has 1 aliphatic heterocycles. The van der Waals surface area contributed by atoms with Crippen LogP contribution in [0.3, 0.4) is 0 Å². The minimum absolute atomic E-state index is 0.0378. The number of halogens is 3. The fraction of sp³-hybridized carbons (Fsp3) is 0.500. The molecule has 0 aliphatic carbocycles. The molecule has 1 N–H and O–H groups in total. The molecule has 8 heteroatoms. The maximum atomic E-state index is 13.0. The number of benzene rings is 1. The van der Waals surface area contributed by atoms with E-state index in [2.05, 4.69) is 4.74 Å². The summed E-state index contributed by atoms with van der Waals surface area (Å²) in [7, 11) is 0. The average molecular weight is 320 g/mol.